The first kappa shape index (κ1) is 13.6. The molecule has 2 rings (SSSR count). The molecule has 0 bridgehead atoms. The lowest BCUT2D eigenvalue weighted by Gasteiger charge is -2.16. The zero-order chi connectivity index (χ0) is 13.8. The van der Waals surface area contributed by atoms with Crippen LogP contribution in [0.3, 0.4) is 0 Å². The van der Waals surface area contributed by atoms with Gasteiger partial charge in [0.25, 0.3) is 0 Å². The Hall–Kier alpha value is -1.79. The summed E-state index contributed by atoms with van der Waals surface area (Å²) in [7, 11) is 0. The van der Waals surface area contributed by atoms with Gasteiger partial charge in [0.1, 0.15) is 6.54 Å². The summed E-state index contributed by atoms with van der Waals surface area (Å²) in [5.74, 6) is 0. The molecule has 1 heterocycles. The standard InChI is InChI=1S/C11H10Cl2N4O2/c12-8-2-1-7(5-9(8)13)10(19-11(14)18)6-17-15-3-4-16-17/h1-5,10H,6H2,(H2,14,18). The molecule has 2 aromatic rings. The van der Waals surface area contributed by atoms with Gasteiger partial charge in [-0.3, -0.25) is 0 Å². The smallest absolute Gasteiger partial charge is 0.405 e. The van der Waals surface area contributed by atoms with Gasteiger partial charge in [-0.05, 0) is 17.7 Å². The van der Waals surface area contributed by atoms with E-state index in [0.29, 0.717) is 15.6 Å². The van der Waals surface area contributed by atoms with Crippen LogP contribution < -0.4 is 5.73 Å². The second-order valence-corrected chi connectivity index (χ2v) is 4.50. The summed E-state index contributed by atoms with van der Waals surface area (Å²) >= 11 is 11.8. The Morgan fingerprint density at radius 3 is 2.58 bits per heavy atom. The van der Waals surface area contributed by atoms with E-state index in [9.17, 15) is 4.79 Å². The van der Waals surface area contributed by atoms with E-state index in [1.54, 1.807) is 18.2 Å². The molecule has 2 N–H and O–H groups in total. The number of nitrogens with zero attached hydrogens (tertiary/aromatic N) is 3. The third-order valence-electron chi connectivity index (χ3n) is 2.37. The molecule has 0 radical (unpaired) electrons. The number of rotatable bonds is 4. The van der Waals surface area contributed by atoms with E-state index in [1.165, 1.54) is 17.2 Å². The Balaban J connectivity index is 2.25. The van der Waals surface area contributed by atoms with E-state index < -0.39 is 12.2 Å². The SMILES string of the molecule is NC(=O)OC(Cn1nccn1)c1ccc(Cl)c(Cl)c1. The zero-order valence-electron chi connectivity index (χ0n) is 9.66. The number of benzene rings is 1. The van der Waals surface area contributed by atoms with Crippen LogP contribution in [-0.2, 0) is 11.3 Å². The number of carbonyl (C=O) groups is 1. The molecule has 6 nitrogen and oxygen atoms in total. The second-order valence-electron chi connectivity index (χ2n) is 3.68. The van der Waals surface area contributed by atoms with E-state index in [2.05, 4.69) is 10.2 Å². The summed E-state index contributed by atoms with van der Waals surface area (Å²) in [5.41, 5.74) is 5.72. The molecule has 1 unspecified atom stereocenters. The van der Waals surface area contributed by atoms with Crippen LogP contribution in [0.5, 0.6) is 0 Å². The van der Waals surface area contributed by atoms with E-state index >= 15 is 0 Å². The fourth-order valence-corrected chi connectivity index (χ4v) is 1.86. The Morgan fingerprint density at radius 2 is 2.00 bits per heavy atom. The molecule has 100 valence electrons. The Labute approximate surface area is 119 Å². The number of hydrogen-bond acceptors (Lipinski definition) is 4. The number of halogens is 2. The van der Waals surface area contributed by atoms with Gasteiger partial charge in [0.05, 0.1) is 22.4 Å². The van der Waals surface area contributed by atoms with Crippen molar-refractivity contribution in [1.29, 1.82) is 0 Å². The molecule has 8 heteroatoms. The van der Waals surface area contributed by atoms with Crippen LogP contribution in [0.1, 0.15) is 11.7 Å². The first-order chi connectivity index (χ1) is 9.06. The molecule has 0 fully saturated rings. The van der Waals surface area contributed by atoms with Crippen LogP contribution >= 0.6 is 23.2 Å². The van der Waals surface area contributed by atoms with Crippen molar-refractivity contribution in [3.63, 3.8) is 0 Å². The van der Waals surface area contributed by atoms with Gasteiger partial charge < -0.3 is 10.5 Å². The minimum atomic E-state index is -0.886. The lowest BCUT2D eigenvalue weighted by molar-refractivity contribution is 0.0904. The van der Waals surface area contributed by atoms with Gasteiger partial charge >= 0.3 is 6.09 Å². The summed E-state index contributed by atoms with van der Waals surface area (Å²) in [6, 6.07) is 4.93. The van der Waals surface area contributed by atoms with Crippen molar-refractivity contribution in [1.82, 2.24) is 15.0 Å². The van der Waals surface area contributed by atoms with Crippen LogP contribution in [-0.4, -0.2) is 21.1 Å². The monoisotopic (exact) mass is 300 g/mol. The first-order valence-corrected chi connectivity index (χ1v) is 6.07. The van der Waals surface area contributed by atoms with Crippen LogP contribution in [0.4, 0.5) is 4.79 Å². The van der Waals surface area contributed by atoms with Crippen molar-refractivity contribution in [2.45, 2.75) is 12.6 Å². The van der Waals surface area contributed by atoms with Gasteiger partial charge in [-0.25, -0.2) is 4.79 Å². The van der Waals surface area contributed by atoms with Gasteiger partial charge in [-0.15, -0.1) is 0 Å². The summed E-state index contributed by atoms with van der Waals surface area (Å²) in [6.07, 6.45) is 1.52. The lowest BCUT2D eigenvalue weighted by atomic mass is 10.1. The number of carbonyl (C=O) groups excluding carboxylic acids is 1. The maximum atomic E-state index is 11.0. The van der Waals surface area contributed by atoms with Gasteiger partial charge in [-0.2, -0.15) is 15.0 Å². The van der Waals surface area contributed by atoms with E-state index in [1.807, 2.05) is 0 Å². The quantitative estimate of drug-likeness (QED) is 0.940. The van der Waals surface area contributed by atoms with E-state index in [-0.39, 0.29) is 6.54 Å². The van der Waals surface area contributed by atoms with Crippen LogP contribution in [0, 0.1) is 0 Å². The highest BCUT2D eigenvalue weighted by molar-refractivity contribution is 6.42. The van der Waals surface area contributed by atoms with Crippen LogP contribution in [0.15, 0.2) is 30.6 Å². The van der Waals surface area contributed by atoms with Gasteiger partial charge in [-0.1, -0.05) is 29.3 Å². The maximum absolute atomic E-state index is 11.0. The Morgan fingerprint density at radius 1 is 1.32 bits per heavy atom. The number of aromatic nitrogens is 3. The molecule has 19 heavy (non-hydrogen) atoms. The molecule has 1 atom stereocenters. The predicted octanol–water partition coefficient (Wildman–Crippen LogP) is 2.42. The van der Waals surface area contributed by atoms with E-state index in [4.69, 9.17) is 33.7 Å². The van der Waals surface area contributed by atoms with Crippen molar-refractivity contribution in [2.24, 2.45) is 5.73 Å². The van der Waals surface area contributed by atoms with Crippen molar-refractivity contribution in [3.8, 4) is 0 Å². The molecule has 0 aliphatic heterocycles. The number of ether oxygens (including phenoxy) is 1. The minimum absolute atomic E-state index is 0.230. The first-order valence-electron chi connectivity index (χ1n) is 5.31. The number of amides is 1. The highest BCUT2D eigenvalue weighted by Gasteiger charge is 2.18. The molecular formula is C11H10Cl2N4O2. The summed E-state index contributed by atoms with van der Waals surface area (Å²) < 4.78 is 5.04. The number of nitrogens with two attached hydrogens (primary N) is 1. The molecule has 0 aliphatic rings. The average Bonchev–Trinajstić information content (AvgIpc) is 2.84. The number of primary amides is 1. The molecular weight excluding hydrogens is 291 g/mol. The predicted molar refractivity (Wildman–Crippen MR) is 69.9 cm³/mol. The molecule has 0 saturated carbocycles. The lowest BCUT2D eigenvalue weighted by Crippen LogP contribution is -2.22. The number of hydrogen-bond donors (Lipinski definition) is 1. The Bertz CT molecular complexity index is 574. The summed E-state index contributed by atoms with van der Waals surface area (Å²) in [6.45, 7) is 0.230. The van der Waals surface area contributed by atoms with Crippen molar-refractivity contribution >= 4 is 29.3 Å². The van der Waals surface area contributed by atoms with E-state index in [0.717, 1.165) is 0 Å². The molecule has 0 spiro atoms. The fraction of sp³-hybridized carbons (Fsp3) is 0.182. The van der Waals surface area contributed by atoms with Crippen molar-refractivity contribution < 1.29 is 9.53 Å². The van der Waals surface area contributed by atoms with Crippen molar-refractivity contribution in [3.05, 3.63) is 46.2 Å². The molecule has 1 aromatic heterocycles. The maximum Gasteiger partial charge on any atom is 0.405 e. The van der Waals surface area contributed by atoms with Crippen LogP contribution in [0.2, 0.25) is 10.0 Å². The highest BCUT2D eigenvalue weighted by atomic mass is 35.5. The molecule has 0 saturated heterocycles. The highest BCUT2D eigenvalue weighted by Crippen LogP contribution is 2.27. The largest absolute Gasteiger partial charge is 0.439 e. The third kappa shape index (κ3) is 3.59. The normalized spacial score (nSPS) is 12.1. The summed E-state index contributed by atoms with van der Waals surface area (Å²) in [5, 5.41) is 8.67. The fourth-order valence-electron chi connectivity index (χ4n) is 1.55. The average molecular weight is 301 g/mol. The third-order valence-corrected chi connectivity index (χ3v) is 3.11. The van der Waals surface area contributed by atoms with Crippen molar-refractivity contribution in [2.75, 3.05) is 0 Å². The molecule has 1 amide bonds. The van der Waals surface area contributed by atoms with Gasteiger partial charge in [0.15, 0.2) is 6.10 Å². The zero-order valence-corrected chi connectivity index (χ0v) is 11.2. The van der Waals surface area contributed by atoms with Crippen LogP contribution in [0.25, 0.3) is 0 Å². The van der Waals surface area contributed by atoms with Gasteiger partial charge in [0.2, 0.25) is 0 Å². The molecule has 0 aliphatic carbocycles. The second kappa shape index (κ2) is 5.90. The minimum Gasteiger partial charge on any atom is -0.439 e. The Kier molecular flexibility index (Phi) is 4.24. The summed E-state index contributed by atoms with van der Waals surface area (Å²) in [4.78, 5) is 12.3. The van der Waals surface area contributed by atoms with Gasteiger partial charge in [0, 0.05) is 0 Å². The molecule has 1 aromatic carbocycles. The topological polar surface area (TPSA) is 83.0 Å².